The standard InChI is InChI=1S/C22H24O12/c1-31-14-6-13-16(11(26)5-12(32-13)8-2-3-9(24)10(25)4-8)18(28)21(14)34-22-20(30)19(29)17(27)15(7-23)33-22/h2-4,6,12,15,17,19-20,22-25,27-30H,5,7H2,1H3/t12-,15-,17-,19+,20-,22-/m1/s1. The minimum atomic E-state index is -1.75. The van der Waals surface area contributed by atoms with Crippen molar-refractivity contribution in [1.29, 1.82) is 0 Å². The van der Waals surface area contributed by atoms with Gasteiger partial charge in [0.2, 0.25) is 12.0 Å². The van der Waals surface area contributed by atoms with Crippen LogP contribution >= 0.6 is 0 Å². The van der Waals surface area contributed by atoms with E-state index in [1.54, 1.807) is 0 Å². The second-order valence-electron chi connectivity index (χ2n) is 7.93. The van der Waals surface area contributed by atoms with Crippen LogP contribution in [0.15, 0.2) is 24.3 Å². The first-order valence-corrected chi connectivity index (χ1v) is 10.3. The smallest absolute Gasteiger partial charge is 0.229 e. The summed E-state index contributed by atoms with van der Waals surface area (Å²) in [5, 5.41) is 69.6. The topological polar surface area (TPSA) is 196 Å². The second kappa shape index (κ2) is 9.16. The van der Waals surface area contributed by atoms with Gasteiger partial charge in [-0.2, -0.15) is 0 Å². The zero-order valence-electron chi connectivity index (χ0n) is 17.9. The van der Waals surface area contributed by atoms with Crippen LogP contribution in [0, 0.1) is 0 Å². The summed E-state index contributed by atoms with van der Waals surface area (Å²) in [7, 11) is 1.25. The molecule has 12 nitrogen and oxygen atoms in total. The number of phenols is 3. The fourth-order valence-electron chi connectivity index (χ4n) is 3.90. The lowest BCUT2D eigenvalue weighted by Gasteiger charge is -2.39. The van der Waals surface area contributed by atoms with Gasteiger partial charge in [-0.15, -0.1) is 0 Å². The highest BCUT2D eigenvalue weighted by atomic mass is 16.7. The molecule has 12 heteroatoms. The number of hydrogen-bond acceptors (Lipinski definition) is 12. The molecule has 6 atom stereocenters. The lowest BCUT2D eigenvalue weighted by atomic mass is 9.94. The second-order valence-corrected chi connectivity index (χ2v) is 7.93. The largest absolute Gasteiger partial charge is 0.504 e. The number of benzene rings is 2. The molecular formula is C22H24O12. The molecule has 2 aliphatic heterocycles. The summed E-state index contributed by atoms with van der Waals surface area (Å²) >= 11 is 0. The molecule has 1 saturated heterocycles. The molecule has 0 radical (unpaired) electrons. The van der Waals surface area contributed by atoms with Crippen LogP contribution in [-0.2, 0) is 4.74 Å². The molecule has 7 N–H and O–H groups in total. The average molecular weight is 480 g/mol. The van der Waals surface area contributed by atoms with Crippen LogP contribution < -0.4 is 14.2 Å². The average Bonchev–Trinajstić information content (AvgIpc) is 2.81. The summed E-state index contributed by atoms with van der Waals surface area (Å²) in [6.45, 7) is -0.682. The molecule has 4 rings (SSSR count). The number of aliphatic hydroxyl groups excluding tert-OH is 4. The third-order valence-electron chi connectivity index (χ3n) is 5.78. The number of methoxy groups -OCH3 is 1. The van der Waals surface area contributed by atoms with Crippen LogP contribution in [0.1, 0.15) is 28.4 Å². The van der Waals surface area contributed by atoms with Crippen molar-refractivity contribution in [3.8, 4) is 34.5 Å². The minimum absolute atomic E-state index is 0.0377. The van der Waals surface area contributed by atoms with Crippen molar-refractivity contribution in [3.63, 3.8) is 0 Å². The number of ketones is 1. The first-order valence-electron chi connectivity index (χ1n) is 10.3. The van der Waals surface area contributed by atoms with Gasteiger partial charge in [0, 0.05) is 6.07 Å². The summed E-state index contributed by atoms with van der Waals surface area (Å²) in [6.07, 6.45) is -8.98. The van der Waals surface area contributed by atoms with Crippen molar-refractivity contribution in [2.75, 3.05) is 13.7 Å². The van der Waals surface area contributed by atoms with E-state index in [2.05, 4.69) is 0 Å². The summed E-state index contributed by atoms with van der Waals surface area (Å²) in [6, 6.07) is 5.26. The third-order valence-corrected chi connectivity index (χ3v) is 5.78. The molecule has 184 valence electrons. The fraction of sp³-hybridized carbons (Fsp3) is 0.409. The van der Waals surface area contributed by atoms with Gasteiger partial charge >= 0.3 is 0 Å². The highest BCUT2D eigenvalue weighted by molar-refractivity contribution is 6.03. The van der Waals surface area contributed by atoms with Crippen LogP contribution in [-0.4, -0.2) is 86.0 Å². The van der Waals surface area contributed by atoms with E-state index in [0.29, 0.717) is 5.56 Å². The molecule has 2 aromatic rings. The van der Waals surface area contributed by atoms with Gasteiger partial charge in [0.05, 0.1) is 20.1 Å². The first-order chi connectivity index (χ1) is 16.2. The van der Waals surface area contributed by atoms with Crippen LogP contribution in [0.5, 0.6) is 34.5 Å². The zero-order valence-corrected chi connectivity index (χ0v) is 17.9. The Hall–Kier alpha value is -3.29. The SMILES string of the molecule is COc1cc2c(c(O)c1O[C@H]1O[C@H](CO)[C@@H](O)[C@H](O)[C@H]1O)C(=O)C[C@H](c1ccc(O)c(O)c1)O2. The maximum atomic E-state index is 12.9. The van der Waals surface area contributed by atoms with Crippen LogP contribution in [0.2, 0.25) is 0 Å². The number of phenolic OH excluding ortho intramolecular Hbond substituents is 3. The van der Waals surface area contributed by atoms with Gasteiger partial charge < -0.3 is 54.7 Å². The first kappa shape index (κ1) is 23.9. The number of aromatic hydroxyl groups is 3. The molecule has 0 aliphatic carbocycles. The Balaban J connectivity index is 1.67. The molecule has 1 fully saturated rings. The Morgan fingerprint density at radius 3 is 2.41 bits per heavy atom. The monoisotopic (exact) mass is 480 g/mol. The van der Waals surface area contributed by atoms with E-state index >= 15 is 0 Å². The van der Waals surface area contributed by atoms with Crippen molar-refractivity contribution < 1.29 is 59.5 Å². The summed E-state index contributed by atoms with van der Waals surface area (Å²) in [4.78, 5) is 12.9. The van der Waals surface area contributed by atoms with E-state index in [9.17, 15) is 40.5 Å². The van der Waals surface area contributed by atoms with Gasteiger partial charge in [-0.1, -0.05) is 6.07 Å². The fourth-order valence-corrected chi connectivity index (χ4v) is 3.90. The predicted octanol–water partition coefficient (Wildman–Crippen LogP) is -0.303. The molecule has 0 spiro atoms. The molecule has 0 aromatic heterocycles. The number of Topliss-reactive ketones (excluding diaryl/α,β-unsaturated/α-hetero) is 1. The molecular weight excluding hydrogens is 456 g/mol. The molecule has 2 aromatic carbocycles. The quantitative estimate of drug-likeness (QED) is 0.276. The van der Waals surface area contributed by atoms with Crippen LogP contribution in [0.25, 0.3) is 0 Å². The number of aliphatic hydroxyl groups is 4. The molecule has 0 amide bonds. The van der Waals surface area contributed by atoms with Crippen molar-refractivity contribution in [3.05, 3.63) is 35.4 Å². The van der Waals surface area contributed by atoms with Gasteiger partial charge in [-0.3, -0.25) is 4.79 Å². The maximum absolute atomic E-state index is 12.9. The van der Waals surface area contributed by atoms with Gasteiger partial charge in [0.15, 0.2) is 28.8 Å². The van der Waals surface area contributed by atoms with Gasteiger partial charge in [0.25, 0.3) is 0 Å². The minimum Gasteiger partial charge on any atom is -0.504 e. The van der Waals surface area contributed by atoms with Crippen LogP contribution in [0.3, 0.4) is 0 Å². The number of rotatable bonds is 5. The zero-order chi connectivity index (χ0) is 24.7. The van der Waals surface area contributed by atoms with E-state index in [0.717, 1.165) is 0 Å². The third kappa shape index (κ3) is 4.06. The van der Waals surface area contributed by atoms with Gasteiger partial charge in [-0.05, 0) is 17.7 Å². The van der Waals surface area contributed by atoms with E-state index in [-0.39, 0.29) is 40.7 Å². The molecule has 0 unspecified atom stereocenters. The van der Waals surface area contributed by atoms with Gasteiger partial charge in [-0.25, -0.2) is 0 Å². The van der Waals surface area contributed by atoms with Crippen molar-refractivity contribution >= 4 is 5.78 Å². The van der Waals surface area contributed by atoms with E-state index in [4.69, 9.17) is 18.9 Å². The van der Waals surface area contributed by atoms with E-state index in [1.807, 2.05) is 0 Å². The number of fused-ring (bicyclic) bond motifs is 1. The molecule has 2 aliphatic rings. The highest BCUT2D eigenvalue weighted by Gasteiger charge is 2.45. The summed E-state index contributed by atoms with van der Waals surface area (Å²) in [5.74, 6) is -2.44. The van der Waals surface area contributed by atoms with E-state index in [1.165, 1.54) is 31.4 Å². The molecule has 0 saturated carbocycles. The van der Waals surface area contributed by atoms with Crippen molar-refractivity contribution in [2.45, 2.75) is 43.2 Å². The van der Waals surface area contributed by atoms with Crippen molar-refractivity contribution in [2.24, 2.45) is 0 Å². The van der Waals surface area contributed by atoms with Crippen LogP contribution in [0.4, 0.5) is 0 Å². The predicted molar refractivity (Wildman–Crippen MR) is 111 cm³/mol. The maximum Gasteiger partial charge on any atom is 0.229 e. The Labute approximate surface area is 192 Å². The van der Waals surface area contributed by atoms with Gasteiger partial charge in [0.1, 0.15) is 41.8 Å². The Morgan fingerprint density at radius 1 is 1.03 bits per heavy atom. The Morgan fingerprint density at radius 2 is 1.76 bits per heavy atom. The number of hydrogen-bond donors (Lipinski definition) is 7. The number of carbonyl (C=O) groups excluding carboxylic acids is 1. The normalized spacial score (nSPS) is 28.7. The molecule has 34 heavy (non-hydrogen) atoms. The van der Waals surface area contributed by atoms with Crippen molar-refractivity contribution in [1.82, 2.24) is 0 Å². The van der Waals surface area contributed by atoms with E-state index < -0.39 is 54.9 Å². The Kier molecular flexibility index (Phi) is 6.43. The lowest BCUT2D eigenvalue weighted by Crippen LogP contribution is -2.60. The summed E-state index contributed by atoms with van der Waals surface area (Å²) in [5.41, 5.74) is 0.189. The molecule has 2 heterocycles. The lowest BCUT2D eigenvalue weighted by molar-refractivity contribution is -0.277. The Bertz CT molecular complexity index is 1080. The molecule has 0 bridgehead atoms. The summed E-state index contributed by atoms with van der Waals surface area (Å²) < 4.78 is 21.9. The number of carbonyl (C=O) groups is 1. The number of ether oxygens (including phenoxy) is 4. The highest BCUT2D eigenvalue weighted by Crippen LogP contribution is 2.49.